The minimum Gasteiger partial charge on any atom is -0.431 e. The average Bonchev–Trinajstić information content (AvgIpc) is 3.16. The van der Waals surface area contributed by atoms with Crippen molar-refractivity contribution in [2.45, 2.75) is 5.22 Å². The number of para-hydroxylation sites is 2. The van der Waals surface area contributed by atoms with Crippen LogP contribution in [0.2, 0.25) is 0 Å². The van der Waals surface area contributed by atoms with Crippen LogP contribution in [-0.2, 0) is 4.79 Å². The van der Waals surface area contributed by atoms with E-state index in [2.05, 4.69) is 27.6 Å². The number of hydrogen-bond acceptors (Lipinski definition) is 5. The summed E-state index contributed by atoms with van der Waals surface area (Å²) in [5.74, 6) is -0.0405. The van der Waals surface area contributed by atoms with Gasteiger partial charge in [-0.05, 0) is 28.8 Å². The number of hydrazone groups is 1. The number of benzene rings is 3. The highest BCUT2D eigenvalue weighted by molar-refractivity contribution is 7.99. The second-order valence-corrected chi connectivity index (χ2v) is 6.94. The standard InChI is InChI=1S/C22H17N3O2S/c26-21(15-28-22-24-19-8-4-5-9-20(19)27-22)25-23-14-16-10-12-18(13-11-16)17-6-2-1-3-7-17/h1-14H,15H2,(H,25,26)/b23-14+. The van der Waals surface area contributed by atoms with Gasteiger partial charge in [0.25, 0.3) is 11.1 Å². The van der Waals surface area contributed by atoms with Crippen LogP contribution in [0, 0.1) is 0 Å². The molecule has 1 amide bonds. The van der Waals surface area contributed by atoms with Crippen molar-refractivity contribution in [1.82, 2.24) is 10.4 Å². The van der Waals surface area contributed by atoms with Crippen molar-refractivity contribution in [3.05, 3.63) is 84.4 Å². The number of nitrogens with one attached hydrogen (secondary N) is 1. The Bertz CT molecular complexity index is 1070. The highest BCUT2D eigenvalue weighted by atomic mass is 32.2. The summed E-state index contributed by atoms with van der Waals surface area (Å²) in [6.07, 6.45) is 1.62. The van der Waals surface area contributed by atoms with Gasteiger partial charge in [-0.1, -0.05) is 78.5 Å². The molecule has 0 radical (unpaired) electrons. The number of oxazole rings is 1. The number of thioether (sulfide) groups is 1. The zero-order chi connectivity index (χ0) is 19.2. The molecule has 0 atom stereocenters. The maximum atomic E-state index is 11.9. The summed E-state index contributed by atoms with van der Waals surface area (Å²) in [5, 5.41) is 4.48. The molecular formula is C22H17N3O2S. The first-order valence-corrected chi connectivity index (χ1v) is 9.72. The predicted molar refractivity (Wildman–Crippen MR) is 112 cm³/mol. The molecule has 0 unspecified atom stereocenters. The van der Waals surface area contributed by atoms with Crippen LogP contribution in [0.4, 0.5) is 0 Å². The van der Waals surface area contributed by atoms with Gasteiger partial charge in [-0.3, -0.25) is 4.79 Å². The number of nitrogens with zero attached hydrogens (tertiary/aromatic N) is 2. The van der Waals surface area contributed by atoms with Crippen molar-refractivity contribution >= 4 is 35.0 Å². The summed E-state index contributed by atoms with van der Waals surface area (Å²) in [7, 11) is 0. The van der Waals surface area contributed by atoms with Gasteiger partial charge in [0.05, 0.1) is 12.0 Å². The molecule has 138 valence electrons. The molecule has 4 aromatic rings. The third-order valence-electron chi connectivity index (χ3n) is 4.02. The lowest BCUT2D eigenvalue weighted by atomic mass is 10.0. The van der Waals surface area contributed by atoms with Crippen molar-refractivity contribution in [1.29, 1.82) is 0 Å². The summed E-state index contributed by atoms with van der Waals surface area (Å²) in [4.78, 5) is 16.3. The van der Waals surface area contributed by atoms with E-state index in [-0.39, 0.29) is 11.7 Å². The second kappa shape index (κ2) is 8.54. The van der Waals surface area contributed by atoms with Crippen LogP contribution < -0.4 is 5.43 Å². The molecule has 28 heavy (non-hydrogen) atoms. The molecule has 0 fully saturated rings. The van der Waals surface area contributed by atoms with E-state index in [0.29, 0.717) is 10.8 Å². The Kier molecular flexibility index (Phi) is 5.49. The maximum Gasteiger partial charge on any atom is 0.257 e. The number of aromatic nitrogens is 1. The van der Waals surface area contributed by atoms with E-state index in [4.69, 9.17) is 4.42 Å². The van der Waals surface area contributed by atoms with Crippen molar-refractivity contribution in [3.8, 4) is 11.1 Å². The third-order valence-corrected chi connectivity index (χ3v) is 4.85. The summed E-state index contributed by atoms with van der Waals surface area (Å²) in [6.45, 7) is 0. The van der Waals surface area contributed by atoms with E-state index < -0.39 is 0 Å². The smallest absolute Gasteiger partial charge is 0.257 e. The SMILES string of the molecule is O=C(CSc1nc2ccccc2o1)N/N=C/c1ccc(-c2ccccc2)cc1. The molecule has 0 saturated carbocycles. The molecule has 0 aliphatic rings. The molecule has 0 spiro atoms. The van der Waals surface area contributed by atoms with Crippen molar-refractivity contribution < 1.29 is 9.21 Å². The van der Waals surface area contributed by atoms with Crippen molar-refractivity contribution in [2.75, 3.05) is 5.75 Å². The first kappa shape index (κ1) is 18.0. The van der Waals surface area contributed by atoms with Crippen LogP contribution >= 0.6 is 11.8 Å². The van der Waals surface area contributed by atoms with E-state index in [0.717, 1.165) is 22.2 Å². The molecule has 0 aliphatic heterocycles. The van der Waals surface area contributed by atoms with Crippen LogP contribution in [0.3, 0.4) is 0 Å². The fourth-order valence-electron chi connectivity index (χ4n) is 2.64. The quantitative estimate of drug-likeness (QED) is 0.295. The second-order valence-electron chi connectivity index (χ2n) is 6.02. The number of fused-ring (bicyclic) bond motifs is 1. The number of amides is 1. The Morgan fingerprint density at radius 1 is 0.964 bits per heavy atom. The topological polar surface area (TPSA) is 67.5 Å². The summed E-state index contributed by atoms with van der Waals surface area (Å²) in [5.41, 5.74) is 7.22. The normalized spacial score (nSPS) is 11.1. The number of carbonyl (C=O) groups is 1. The first-order valence-electron chi connectivity index (χ1n) is 8.74. The highest BCUT2D eigenvalue weighted by Crippen LogP contribution is 2.22. The molecule has 1 aromatic heterocycles. The molecule has 0 bridgehead atoms. The fourth-order valence-corrected chi connectivity index (χ4v) is 3.27. The Hall–Kier alpha value is -3.38. The summed E-state index contributed by atoms with van der Waals surface area (Å²) in [6, 6.07) is 25.6. The van der Waals surface area contributed by atoms with E-state index >= 15 is 0 Å². The van der Waals surface area contributed by atoms with Crippen LogP contribution in [0.1, 0.15) is 5.56 Å². The number of carbonyl (C=O) groups excluding carboxylic acids is 1. The van der Waals surface area contributed by atoms with Gasteiger partial charge in [-0.2, -0.15) is 5.10 Å². The average molecular weight is 387 g/mol. The molecule has 6 heteroatoms. The Labute approximate surface area is 166 Å². The zero-order valence-electron chi connectivity index (χ0n) is 14.9. The van der Waals surface area contributed by atoms with Crippen molar-refractivity contribution in [3.63, 3.8) is 0 Å². The lowest BCUT2D eigenvalue weighted by molar-refractivity contribution is -0.118. The third kappa shape index (κ3) is 4.47. The predicted octanol–water partition coefficient (Wildman–Crippen LogP) is 4.74. The Balaban J connectivity index is 1.28. The van der Waals surface area contributed by atoms with Crippen molar-refractivity contribution in [2.24, 2.45) is 5.10 Å². The van der Waals surface area contributed by atoms with Gasteiger partial charge in [0.1, 0.15) is 5.52 Å². The van der Waals surface area contributed by atoms with Gasteiger partial charge in [0, 0.05) is 0 Å². The van der Waals surface area contributed by atoms with Gasteiger partial charge in [-0.15, -0.1) is 0 Å². The molecule has 5 nitrogen and oxygen atoms in total. The Morgan fingerprint density at radius 3 is 2.46 bits per heavy atom. The van der Waals surface area contributed by atoms with Crippen LogP contribution in [-0.4, -0.2) is 22.9 Å². The lowest BCUT2D eigenvalue weighted by Gasteiger charge is -2.01. The van der Waals surface area contributed by atoms with E-state index in [9.17, 15) is 4.79 Å². The first-order chi connectivity index (χ1) is 13.8. The van der Waals surface area contributed by atoms with Crippen LogP contribution in [0.25, 0.3) is 22.2 Å². The monoisotopic (exact) mass is 387 g/mol. The number of hydrogen-bond donors (Lipinski definition) is 1. The maximum absolute atomic E-state index is 11.9. The summed E-state index contributed by atoms with van der Waals surface area (Å²) < 4.78 is 5.57. The molecule has 4 rings (SSSR count). The van der Waals surface area contributed by atoms with Gasteiger partial charge in [0.15, 0.2) is 5.58 Å². The van der Waals surface area contributed by atoms with E-state index in [1.165, 1.54) is 11.8 Å². The van der Waals surface area contributed by atoms with Gasteiger partial charge in [0.2, 0.25) is 0 Å². The number of rotatable bonds is 6. The minimum absolute atomic E-state index is 0.178. The molecule has 1 N–H and O–H groups in total. The largest absolute Gasteiger partial charge is 0.431 e. The fraction of sp³-hybridized carbons (Fsp3) is 0.0455. The molecular weight excluding hydrogens is 370 g/mol. The minimum atomic E-state index is -0.218. The lowest BCUT2D eigenvalue weighted by Crippen LogP contribution is -2.19. The van der Waals surface area contributed by atoms with Crippen LogP contribution in [0.5, 0.6) is 0 Å². The van der Waals surface area contributed by atoms with Crippen LogP contribution in [0.15, 0.2) is 93.6 Å². The van der Waals surface area contributed by atoms with E-state index in [1.807, 2.05) is 66.7 Å². The zero-order valence-corrected chi connectivity index (χ0v) is 15.7. The van der Waals surface area contributed by atoms with E-state index in [1.54, 1.807) is 6.21 Å². The highest BCUT2D eigenvalue weighted by Gasteiger charge is 2.08. The van der Waals surface area contributed by atoms with Gasteiger partial charge < -0.3 is 4.42 Å². The molecule has 0 saturated heterocycles. The molecule has 1 heterocycles. The summed E-state index contributed by atoms with van der Waals surface area (Å²) >= 11 is 1.24. The Morgan fingerprint density at radius 2 is 1.68 bits per heavy atom. The van der Waals surface area contributed by atoms with Gasteiger partial charge in [-0.25, -0.2) is 10.4 Å². The molecule has 3 aromatic carbocycles. The molecule has 0 aliphatic carbocycles. The van der Waals surface area contributed by atoms with Gasteiger partial charge >= 0.3 is 0 Å².